The normalized spacial score (nSPS) is 10.7. The molecule has 0 amide bonds. The molecular weight excluding hydrogens is 314 g/mol. The van der Waals surface area contributed by atoms with Crippen molar-refractivity contribution < 1.29 is 13.9 Å². The molecule has 0 aliphatic carbocycles. The van der Waals surface area contributed by atoms with Gasteiger partial charge in [0.1, 0.15) is 5.76 Å². The zero-order valence-corrected chi connectivity index (χ0v) is 13.6. The molecule has 0 saturated carbocycles. The number of carbonyl (C=O) groups is 1. The van der Waals surface area contributed by atoms with Gasteiger partial charge >= 0.3 is 5.97 Å². The summed E-state index contributed by atoms with van der Waals surface area (Å²) in [6.45, 7) is 2.45. The van der Waals surface area contributed by atoms with Crippen LogP contribution in [0.5, 0.6) is 0 Å². The Morgan fingerprint density at radius 1 is 1.26 bits per heavy atom. The van der Waals surface area contributed by atoms with Crippen LogP contribution in [0.15, 0.2) is 53.3 Å². The van der Waals surface area contributed by atoms with Crippen LogP contribution in [0, 0.1) is 6.92 Å². The van der Waals surface area contributed by atoms with E-state index in [-0.39, 0.29) is 5.97 Å². The summed E-state index contributed by atoms with van der Waals surface area (Å²) < 4.78 is 12.3. The number of hydrogen-bond donors (Lipinski definition) is 0. The zero-order chi connectivity index (χ0) is 16.4. The topological polar surface area (TPSA) is 44.4 Å². The van der Waals surface area contributed by atoms with Crippen LogP contribution in [0.25, 0.3) is 11.1 Å². The van der Waals surface area contributed by atoms with Gasteiger partial charge in [0.25, 0.3) is 0 Å². The van der Waals surface area contributed by atoms with Crippen LogP contribution in [0.4, 0.5) is 0 Å². The third kappa shape index (κ3) is 3.03. The molecule has 0 radical (unpaired) electrons. The molecule has 0 N–H and O–H groups in total. The third-order valence-electron chi connectivity index (χ3n) is 3.80. The predicted octanol–water partition coefficient (Wildman–Crippen LogP) is 4.54. The second kappa shape index (κ2) is 6.34. The summed E-state index contributed by atoms with van der Waals surface area (Å²) in [5.74, 6) is 0.466. The molecule has 5 heteroatoms. The number of nitrogens with zero attached hydrogens (tertiary/aromatic N) is 1. The minimum absolute atomic E-state index is 0.356. The summed E-state index contributed by atoms with van der Waals surface area (Å²) in [6.07, 6.45) is 3.57. The number of hydrogen-bond acceptors (Lipinski definition) is 3. The van der Waals surface area contributed by atoms with E-state index in [1.807, 2.05) is 42.0 Å². The third-order valence-corrected chi connectivity index (χ3v) is 4.05. The summed E-state index contributed by atoms with van der Waals surface area (Å²) in [5.41, 5.74) is 3.12. The van der Waals surface area contributed by atoms with Gasteiger partial charge in [0.2, 0.25) is 0 Å². The van der Waals surface area contributed by atoms with E-state index in [0.29, 0.717) is 17.1 Å². The fourth-order valence-electron chi connectivity index (χ4n) is 2.60. The SMILES string of the molecule is COC(=O)c1c(-c2ccc(Cl)cc2)cn(Cc2ccco2)c1C. The van der Waals surface area contributed by atoms with E-state index in [9.17, 15) is 4.79 Å². The zero-order valence-electron chi connectivity index (χ0n) is 12.9. The Morgan fingerprint density at radius 2 is 2.00 bits per heavy atom. The number of furan rings is 1. The van der Waals surface area contributed by atoms with Crippen LogP contribution >= 0.6 is 11.6 Å². The molecule has 4 nitrogen and oxygen atoms in total. The molecule has 0 atom stereocenters. The van der Waals surface area contributed by atoms with Gasteiger partial charge in [-0.15, -0.1) is 0 Å². The fourth-order valence-corrected chi connectivity index (χ4v) is 2.72. The van der Waals surface area contributed by atoms with Crippen LogP contribution in [0.3, 0.4) is 0 Å². The van der Waals surface area contributed by atoms with Crippen LogP contribution in [0.1, 0.15) is 21.8 Å². The van der Waals surface area contributed by atoms with Gasteiger partial charge in [0, 0.05) is 22.5 Å². The molecule has 0 spiro atoms. The summed E-state index contributed by atoms with van der Waals surface area (Å²) in [7, 11) is 1.39. The maximum absolute atomic E-state index is 12.2. The minimum Gasteiger partial charge on any atom is -0.467 e. The van der Waals surface area contributed by atoms with Gasteiger partial charge in [-0.25, -0.2) is 4.79 Å². The van der Waals surface area contributed by atoms with Crippen molar-refractivity contribution in [3.63, 3.8) is 0 Å². The number of esters is 1. The predicted molar refractivity (Wildman–Crippen MR) is 88.8 cm³/mol. The van der Waals surface area contributed by atoms with Crippen LogP contribution in [-0.4, -0.2) is 17.6 Å². The Kier molecular flexibility index (Phi) is 4.26. The van der Waals surface area contributed by atoms with E-state index in [4.69, 9.17) is 20.8 Å². The monoisotopic (exact) mass is 329 g/mol. The molecule has 0 fully saturated rings. The summed E-state index contributed by atoms with van der Waals surface area (Å²) in [4.78, 5) is 12.2. The summed E-state index contributed by atoms with van der Waals surface area (Å²) >= 11 is 5.95. The number of carbonyl (C=O) groups excluding carboxylic acids is 1. The minimum atomic E-state index is -0.356. The molecule has 118 valence electrons. The standard InChI is InChI=1S/C18H16ClNO3/c1-12-17(18(21)22-2)16(13-5-7-14(19)8-6-13)11-20(12)10-15-4-3-9-23-15/h3-9,11H,10H2,1-2H3. The molecule has 2 aromatic heterocycles. The van der Waals surface area contributed by atoms with Gasteiger partial charge in [0.05, 0.1) is 25.5 Å². The lowest BCUT2D eigenvalue weighted by molar-refractivity contribution is 0.0600. The molecule has 23 heavy (non-hydrogen) atoms. The second-order valence-electron chi connectivity index (χ2n) is 5.21. The van der Waals surface area contributed by atoms with Crippen molar-refractivity contribution in [3.8, 4) is 11.1 Å². The number of benzene rings is 1. The van der Waals surface area contributed by atoms with Crippen molar-refractivity contribution in [3.05, 3.63) is 70.9 Å². The Hall–Kier alpha value is -2.46. The van der Waals surface area contributed by atoms with Gasteiger partial charge in [-0.3, -0.25) is 0 Å². The van der Waals surface area contributed by atoms with Crippen LogP contribution in [-0.2, 0) is 11.3 Å². The highest BCUT2D eigenvalue weighted by Gasteiger charge is 2.21. The van der Waals surface area contributed by atoms with Gasteiger partial charge in [-0.2, -0.15) is 0 Å². The van der Waals surface area contributed by atoms with Crippen LogP contribution in [0.2, 0.25) is 5.02 Å². The van der Waals surface area contributed by atoms with Crippen molar-refractivity contribution in [2.75, 3.05) is 7.11 Å². The maximum atomic E-state index is 12.2. The number of rotatable bonds is 4. The molecule has 0 unspecified atom stereocenters. The highest BCUT2D eigenvalue weighted by atomic mass is 35.5. The molecule has 0 aliphatic heterocycles. The lowest BCUT2D eigenvalue weighted by atomic mass is 10.0. The first kappa shape index (κ1) is 15.4. The van der Waals surface area contributed by atoms with Crippen molar-refractivity contribution >= 4 is 17.6 Å². The van der Waals surface area contributed by atoms with E-state index in [1.54, 1.807) is 18.4 Å². The molecule has 3 aromatic rings. The van der Waals surface area contributed by atoms with Crippen molar-refractivity contribution in [2.24, 2.45) is 0 Å². The molecule has 2 heterocycles. The van der Waals surface area contributed by atoms with Gasteiger partial charge in [-0.1, -0.05) is 23.7 Å². The first-order chi connectivity index (χ1) is 11.1. The van der Waals surface area contributed by atoms with Gasteiger partial charge in [0.15, 0.2) is 0 Å². The van der Waals surface area contributed by atoms with E-state index >= 15 is 0 Å². The van der Waals surface area contributed by atoms with E-state index < -0.39 is 0 Å². The molecule has 0 saturated heterocycles. The summed E-state index contributed by atoms with van der Waals surface area (Å²) in [5, 5.41) is 0.653. The quantitative estimate of drug-likeness (QED) is 0.660. The van der Waals surface area contributed by atoms with Crippen molar-refractivity contribution in [1.82, 2.24) is 4.57 Å². The molecule has 0 bridgehead atoms. The first-order valence-electron chi connectivity index (χ1n) is 7.16. The van der Waals surface area contributed by atoms with Crippen LogP contribution < -0.4 is 0 Å². The highest BCUT2D eigenvalue weighted by molar-refractivity contribution is 6.30. The molecule has 1 aromatic carbocycles. The lowest BCUT2D eigenvalue weighted by Crippen LogP contribution is -2.06. The number of ether oxygens (including phenoxy) is 1. The molecule has 3 rings (SSSR count). The first-order valence-corrected chi connectivity index (χ1v) is 7.54. The van der Waals surface area contributed by atoms with Gasteiger partial charge < -0.3 is 13.7 Å². The Morgan fingerprint density at radius 3 is 2.61 bits per heavy atom. The molecule has 0 aliphatic rings. The number of halogens is 1. The Balaban J connectivity index is 2.09. The highest BCUT2D eigenvalue weighted by Crippen LogP contribution is 2.30. The average Bonchev–Trinajstić information content (AvgIpc) is 3.17. The van der Waals surface area contributed by atoms with E-state index in [1.165, 1.54) is 7.11 Å². The average molecular weight is 330 g/mol. The number of methoxy groups -OCH3 is 1. The van der Waals surface area contributed by atoms with Crippen molar-refractivity contribution in [2.45, 2.75) is 13.5 Å². The van der Waals surface area contributed by atoms with Gasteiger partial charge in [-0.05, 0) is 36.8 Å². The maximum Gasteiger partial charge on any atom is 0.340 e. The second-order valence-corrected chi connectivity index (χ2v) is 5.65. The lowest BCUT2D eigenvalue weighted by Gasteiger charge is -2.05. The largest absolute Gasteiger partial charge is 0.467 e. The Labute approximate surface area is 139 Å². The van der Waals surface area contributed by atoms with E-state index in [0.717, 1.165) is 22.6 Å². The smallest absolute Gasteiger partial charge is 0.340 e. The Bertz CT molecular complexity index is 817. The molecular formula is C18H16ClNO3. The van der Waals surface area contributed by atoms with E-state index in [2.05, 4.69) is 0 Å². The van der Waals surface area contributed by atoms with Crippen molar-refractivity contribution in [1.29, 1.82) is 0 Å². The number of aromatic nitrogens is 1. The fraction of sp³-hybridized carbons (Fsp3) is 0.167. The summed E-state index contributed by atoms with van der Waals surface area (Å²) in [6, 6.07) is 11.1.